The van der Waals surface area contributed by atoms with Crippen LogP contribution in [0.2, 0.25) is 0 Å². The molecule has 16 heavy (non-hydrogen) atoms. The van der Waals surface area contributed by atoms with Gasteiger partial charge in [0.1, 0.15) is 0 Å². The molecule has 1 saturated heterocycles. The summed E-state index contributed by atoms with van der Waals surface area (Å²) in [4.78, 5) is 11.2. The van der Waals surface area contributed by atoms with Crippen molar-refractivity contribution in [1.29, 1.82) is 0 Å². The minimum Gasteiger partial charge on any atom is -0.466 e. The highest BCUT2D eigenvalue weighted by Crippen LogP contribution is 2.16. The summed E-state index contributed by atoms with van der Waals surface area (Å²) in [6, 6.07) is 0. The van der Waals surface area contributed by atoms with Crippen LogP contribution in [0.4, 0.5) is 0 Å². The topological polar surface area (TPSA) is 44.8 Å². The molecule has 0 aromatic carbocycles. The van der Waals surface area contributed by atoms with E-state index in [4.69, 9.17) is 14.2 Å². The molecule has 4 heteroatoms. The van der Waals surface area contributed by atoms with Crippen molar-refractivity contribution in [1.82, 2.24) is 0 Å². The minimum absolute atomic E-state index is 0.0538. The lowest BCUT2D eigenvalue weighted by atomic mass is 10.0. The third kappa shape index (κ3) is 5.47. The molecule has 1 atom stereocenters. The van der Waals surface area contributed by atoms with Gasteiger partial charge >= 0.3 is 5.97 Å². The zero-order valence-electron chi connectivity index (χ0n) is 10.2. The monoisotopic (exact) mass is 230 g/mol. The van der Waals surface area contributed by atoms with Crippen molar-refractivity contribution >= 4 is 5.97 Å². The summed E-state index contributed by atoms with van der Waals surface area (Å²) in [5.74, 6) is 0.403. The summed E-state index contributed by atoms with van der Waals surface area (Å²) < 4.78 is 15.8. The lowest BCUT2D eigenvalue weighted by molar-refractivity contribution is -0.146. The predicted octanol–water partition coefficient (Wildman–Crippen LogP) is 1.77. The summed E-state index contributed by atoms with van der Waals surface area (Å²) in [6.07, 6.45) is 2.41. The normalized spacial score (nSPS) is 19.4. The molecule has 4 nitrogen and oxygen atoms in total. The van der Waals surface area contributed by atoms with E-state index >= 15 is 0 Å². The van der Waals surface area contributed by atoms with Gasteiger partial charge in [-0.15, -0.1) is 0 Å². The Hall–Kier alpha value is -0.610. The van der Waals surface area contributed by atoms with Crippen molar-refractivity contribution in [2.24, 2.45) is 5.92 Å². The van der Waals surface area contributed by atoms with Gasteiger partial charge < -0.3 is 14.2 Å². The Bertz CT molecular complexity index is 199. The molecule has 94 valence electrons. The molecule has 0 saturated carbocycles. The van der Waals surface area contributed by atoms with Gasteiger partial charge in [0.05, 0.1) is 19.1 Å². The van der Waals surface area contributed by atoms with Crippen molar-refractivity contribution in [3.05, 3.63) is 0 Å². The summed E-state index contributed by atoms with van der Waals surface area (Å²) in [5.41, 5.74) is 0. The molecule has 1 heterocycles. The molecule has 1 fully saturated rings. The van der Waals surface area contributed by atoms with Crippen LogP contribution in [0.5, 0.6) is 0 Å². The standard InChI is InChI=1S/C12H22O4/c1-3-15-12(13)8-10(2)16-9-11-4-6-14-7-5-11/h10-11H,3-9H2,1-2H3. The SMILES string of the molecule is CCOC(=O)CC(C)OCC1CCOCC1. The Morgan fingerprint density at radius 1 is 1.44 bits per heavy atom. The van der Waals surface area contributed by atoms with Gasteiger partial charge in [-0.3, -0.25) is 4.79 Å². The molecule has 0 N–H and O–H groups in total. The third-order valence-electron chi connectivity index (χ3n) is 2.72. The van der Waals surface area contributed by atoms with Crippen molar-refractivity contribution in [3.8, 4) is 0 Å². The molecule has 1 unspecified atom stereocenters. The van der Waals surface area contributed by atoms with E-state index in [2.05, 4.69) is 0 Å². The fourth-order valence-corrected chi connectivity index (χ4v) is 1.73. The van der Waals surface area contributed by atoms with Crippen molar-refractivity contribution in [2.75, 3.05) is 26.4 Å². The second-order valence-electron chi connectivity index (χ2n) is 4.21. The zero-order valence-corrected chi connectivity index (χ0v) is 10.2. The van der Waals surface area contributed by atoms with E-state index in [0.29, 0.717) is 18.9 Å². The molecule has 1 aliphatic rings. The molecule has 0 spiro atoms. The van der Waals surface area contributed by atoms with Gasteiger partial charge in [-0.05, 0) is 32.6 Å². The van der Waals surface area contributed by atoms with Crippen LogP contribution in [-0.2, 0) is 19.0 Å². The first kappa shape index (κ1) is 13.5. The molecular weight excluding hydrogens is 208 g/mol. The van der Waals surface area contributed by atoms with Crippen LogP contribution in [-0.4, -0.2) is 38.5 Å². The van der Waals surface area contributed by atoms with Gasteiger partial charge in [-0.25, -0.2) is 0 Å². The molecule has 1 rings (SSSR count). The first-order chi connectivity index (χ1) is 7.72. The molecule has 1 aliphatic heterocycles. The number of rotatable bonds is 6. The zero-order chi connectivity index (χ0) is 11.8. The largest absolute Gasteiger partial charge is 0.466 e. The van der Waals surface area contributed by atoms with Crippen LogP contribution in [0.25, 0.3) is 0 Å². The van der Waals surface area contributed by atoms with Crippen LogP contribution >= 0.6 is 0 Å². The number of carbonyl (C=O) groups excluding carboxylic acids is 1. The summed E-state index contributed by atoms with van der Waals surface area (Å²) in [7, 11) is 0. The van der Waals surface area contributed by atoms with Gasteiger partial charge in [-0.1, -0.05) is 0 Å². The smallest absolute Gasteiger partial charge is 0.308 e. The molecule has 0 aliphatic carbocycles. The average molecular weight is 230 g/mol. The van der Waals surface area contributed by atoms with Crippen LogP contribution in [0.15, 0.2) is 0 Å². The van der Waals surface area contributed by atoms with E-state index in [9.17, 15) is 4.79 Å². The Morgan fingerprint density at radius 3 is 2.75 bits per heavy atom. The Morgan fingerprint density at radius 2 is 2.12 bits per heavy atom. The van der Waals surface area contributed by atoms with E-state index in [1.165, 1.54) is 0 Å². The first-order valence-corrected chi connectivity index (χ1v) is 6.07. The number of hydrogen-bond acceptors (Lipinski definition) is 4. The molecule has 0 amide bonds. The van der Waals surface area contributed by atoms with Crippen LogP contribution in [0.1, 0.15) is 33.1 Å². The maximum Gasteiger partial charge on any atom is 0.308 e. The Balaban J connectivity index is 2.08. The minimum atomic E-state index is -0.179. The lowest BCUT2D eigenvalue weighted by Gasteiger charge is -2.23. The highest BCUT2D eigenvalue weighted by Gasteiger charge is 2.16. The number of hydrogen-bond donors (Lipinski definition) is 0. The molecule has 0 aromatic heterocycles. The van der Waals surface area contributed by atoms with Crippen molar-refractivity contribution in [3.63, 3.8) is 0 Å². The van der Waals surface area contributed by atoms with E-state index in [1.54, 1.807) is 0 Å². The summed E-state index contributed by atoms with van der Waals surface area (Å²) >= 11 is 0. The molecular formula is C12H22O4. The maximum absolute atomic E-state index is 11.2. The van der Waals surface area contributed by atoms with Gasteiger partial charge in [0, 0.05) is 19.8 Å². The van der Waals surface area contributed by atoms with Crippen LogP contribution in [0.3, 0.4) is 0 Å². The van der Waals surface area contributed by atoms with E-state index in [0.717, 1.165) is 32.7 Å². The summed E-state index contributed by atoms with van der Waals surface area (Å²) in [6.45, 7) is 6.55. The van der Waals surface area contributed by atoms with Crippen molar-refractivity contribution < 1.29 is 19.0 Å². The highest BCUT2D eigenvalue weighted by molar-refractivity contribution is 5.69. The van der Waals surface area contributed by atoms with E-state index < -0.39 is 0 Å². The summed E-state index contributed by atoms with van der Waals surface area (Å²) in [5, 5.41) is 0. The number of esters is 1. The second-order valence-corrected chi connectivity index (χ2v) is 4.21. The first-order valence-electron chi connectivity index (χ1n) is 6.07. The van der Waals surface area contributed by atoms with E-state index in [-0.39, 0.29) is 12.1 Å². The van der Waals surface area contributed by atoms with Gasteiger partial charge in [-0.2, -0.15) is 0 Å². The highest BCUT2D eigenvalue weighted by atomic mass is 16.5. The molecule has 0 bridgehead atoms. The molecule has 0 aromatic rings. The fraction of sp³-hybridized carbons (Fsp3) is 0.917. The lowest BCUT2D eigenvalue weighted by Crippen LogP contribution is -2.24. The predicted molar refractivity (Wildman–Crippen MR) is 60.2 cm³/mol. The van der Waals surface area contributed by atoms with Gasteiger partial charge in [0.15, 0.2) is 0 Å². The number of carbonyl (C=O) groups is 1. The number of ether oxygens (including phenoxy) is 3. The second kappa shape index (κ2) is 7.63. The van der Waals surface area contributed by atoms with Crippen molar-refractivity contribution in [2.45, 2.75) is 39.2 Å². The fourth-order valence-electron chi connectivity index (χ4n) is 1.73. The van der Waals surface area contributed by atoms with Crippen LogP contribution in [0, 0.1) is 5.92 Å². The quantitative estimate of drug-likeness (QED) is 0.652. The average Bonchev–Trinajstić information content (AvgIpc) is 2.28. The molecule has 0 radical (unpaired) electrons. The Kier molecular flexibility index (Phi) is 6.42. The Labute approximate surface area is 97.2 Å². The van der Waals surface area contributed by atoms with Crippen LogP contribution < -0.4 is 0 Å². The van der Waals surface area contributed by atoms with E-state index in [1.807, 2.05) is 13.8 Å². The van der Waals surface area contributed by atoms with Gasteiger partial charge in [0.2, 0.25) is 0 Å². The maximum atomic E-state index is 11.2. The van der Waals surface area contributed by atoms with Gasteiger partial charge in [0.25, 0.3) is 0 Å². The third-order valence-corrected chi connectivity index (χ3v) is 2.72.